The van der Waals surface area contributed by atoms with Crippen molar-refractivity contribution < 1.29 is 18.7 Å². The van der Waals surface area contributed by atoms with Crippen LogP contribution in [0, 0.1) is 6.92 Å². The van der Waals surface area contributed by atoms with Gasteiger partial charge in [0, 0.05) is 29.5 Å². The molecule has 0 aliphatic rings. The van der Waals surface area contributed by atoms with E-state index in [4.69, 9.17) is 24.6 Å². The smallest absolute Gasteiger partial charge is 0.325 e. The Morgan fingerprint density at radius 2 is 1.41 bits per heavy atom. The maximum Gasteiger partial charge on any atom is 0.325 e. The summed E-state index contributed by atoms with van der Waals surface area (Å²) in [5.74, 6) is 0.929. The van der Waals surface area contributed by atoms with E-state index in [9.17, 15) is 9.59 Å². The minimum atomic E-state index is -0.923. The van der Waals surface area contributed by atoms with Crippen LogP contribution in [0.1, 0.15) is 58.1 Å². The predicted octanol–water partition coefficient (Wildman–Crippen LogP) is 8.76. The number of fused-ring (bicyclic) bond motifs is 1. The second-order valence-corrected chi connectivity index (χ2v) is 14.5. The fourth-order valence-corrected chi connectivity index (χ4v) is 8.20. The third-order valence-electron chi connectivity index (χ3n) is 10.2. The number of carbonyl (C=O) groups excluding carboxylic acids is 2. The molecule has 3 heterocycles. The molecule has 0 aliphatic heterocycles. The summed E-state index contributed by atoms with van der Waals surface area (Å²) >= 11 is 3.88. The SMILES string of the molecule is CCOC(=O)CNC(=O)c1c(C)nc(CC)n1Cc1ccc2oc(-c3ccccc3-c3nnn(C(c4ccccc4)(c4ccccc4)c4ccccc4)n3)c(Br)c2c1. The van der Waals surface area contributed by atoms with E-state index in [0.29, 0.717) is 41.5 Å². The van der Waals surface area contributed by atoms with Gasteiger partial charge in [0.25, 0.3) is 5.91 Å². The van der Waals surface area contributed by atoms with Crippen LogP contribution in [-0.2, 0) is 28.0 Å². The van der Waals surface area contributed by atoms with Gasteiger partial charge < -0.3 is 19.0 Å². The van der Waals surface area contributed by atoms with Gasteiger partial charge in [0.05, 0.1) is 16.8 Å². The van der Waals surface area contributed by atoms with Crippen molar-refractivity contribution in [2.75, 3.05) is 13.2 Å². The van der Waals surface area contributed by atoms with E-state index in [0.717, 1.165) is 49.1 Å². The zero-order chi connectivity index (χ0) is 40.2. The molecule has 1 amide bonds. The van der Waals surface area contributed by atoms with Gasteiger partial charge in [0.2, 0.25) is 5.82 Å². The van der Waals surface area contributed by atoms with Crippen molar-refractivity contribution in [2.45, 2.75) is 39.3 Å². The molecule has 12 heteroatoms. The first kappa shape index (κ1) is 38.2. The van der Waals surface area contributed by atoms with Crippen LogP contribution in [0.2, 0.25) is 0 Å². The molecule has 8 rings (SSSR count). The summed E-state index contributed by atoms with van der Waals surface area (Å²) in [6.07, 6.45) is 0.617. The maximum absolute atomic E-state index is 13.3. The zero-order valence-corrected chi connectivity index (χ0v) is 33.8. The number of amides is 1. The molecule has 1 N–H and O–H groups in total. The Kier molecular flexibility index (Phi) is 10.8. The van der Waals surface area contributed by atoms with E-state index >= 15 is 0 Å². The normalized spacial score (nSPS) is 11.5. The molecule has 0 fully saturated rings. The number of nitrogens with zero attached hydrogens (tertiary/aromatic N) is 6. The van der Waals surface area contributed by atoms with Crippen molar-refractivity contribution in [3.63, 3.8) is 0 Å². The van der Waals surface area contributed by atoms with Gasteiger partial charge in [0.1, 0.15) is 29.4 Å². The van der Waals surface area contributed by atoms with E-state index in [1.807, 2.05) is 109 Å². The Labute approximate surface area is 343 Å². The van der Waals surface area contributed by atoms with Gasteiger partial charge in [-0.3, -0.25) is 9.59 Å². The molecule has 5 aromatic carbocycles. The number of ether oxygens (including phenoxy) is 1. The van der Waals surface area contributed by atoms with E-state index in [1.165, 1.54) is 0 Å². The summed E-state index contributed by atoms with van der Waals surface area (Å²) in [6, 6.07) is 44.5. The number of imidazole rings is 1. The lowest BCUT2D eigenvalue weighted by atomic mass is 9.77. The Morgan fingerprint density at radius 3 is 2.02 bits per heavy atom. The number of hydrogen-bond donors (Lipinski definition) is 1. The fraction of sp³-hybridized carbons (Fsp3) is 0.174. The Morgan fingerprint density at radius 1 is 0.810 bits per heavy atom. The number of tetrazole rings is 1. The summed E-state index contributed by atoms with van der Waals surface area (Å²) in [5.41, 5.74) is 6.17. The molecule has 290 valence electrons. The van der Waals surface area contributed by atoms with Crippen molar-refractivity contribution in [1.29, 1.82) is 0 Å². The number of esters is 1. The third kappa shape index (κ3) is 7.00. The molecule has 0 unspecified atom stereocenters. The number of benzene rings is 5. The largest absolute Gasteiger partial charge is 0.465 e. The minimum absolute atomic E-state index is 0.225. The van der Waals surface area contributed by atoms with E-state index < -0.39 is 11.5 Å². The van der Waals surface area contributed by atoms with E-state index in [2.05, 4.69) is 62.6 Å². The summed E-state index contributed by atoms with van der Waals surface area (Å²) in [7, 11) is 0. The van der Waals surface area contributed by atoms with Gasteiger partial charge in [-0.25, -0.2) is 4.98 Å². The standard InChI is InChI=1S/C46H40BrN7O4/c1-4-39-49-30(3)42(45(56)48-28-40(55)57-5-2)53(39)29-31-25-26-38-37(27-31)41(47)43(58-38)35-23-15-16-24-36(35)44-50-52-54(51-44)46(32-17-9-6-10-18-32,33-19-11-7-12-20-33)34-21-13-8-14-22-34/h6-27H,4-5,28-29H2,1-3H3,(H,48,56). The average Bonchev–Trinajstić information content (AvgIpc) is 3.97. The molecular formula is C46H40BrN7O4. The number of furan rings is 1. The topological polar surface area (TPSA) is 130 Å². The number of rotatable bonds is 13. The lowest BCUT2D eigenvalue weighted by Gasteiger charge is -2.34. The van der Waals surface area contributed by atoms with Crippen molar-refractivity contribution >= 4 is 38.8 Å². The molecule has 0 aliphatic carbocycles. The first-order valence-corrected chi connectivity index (χ1v) is 19.9. The van der Waals surface area contributed by atoms with Gasteiger partial charge in [-0.05, 0) is 69.4 Å². The number of carbonyl (C=O) groups is 2. The lowest BCUT2D eigenvalue weighted by molar-refractivity contribution is -0.141. The number of nitrogens with one attached hydrogen (secondary N) is 1. The highest BCUT2D eigenvalue weighted by atomic mass is 79.9. The number of halogens is 1. The number of aromatic nitrogens is 6. The summed E-state index contributed by atoms with van der Waals surface area (Å²) < 4.78 is 14.2. The van der Waals surface area contributed by atoms with Crippen LogP contribution in [0.15, 0.2) is 142 Å². The Bertz CT molecular complexity index is 2630. The van der Waals surface area contributed by atoms with Gasteiger partial charge in [-0.1, -0.05) is 128 Å². The van der Waals surface area contributed by atoms with Crippen molar-refractivity contribution in [3.05, 3.63) is 177 Å². The second-order valence-electron chi connectivity index (χ2n) is 13.7. The molecule has 0 radical (unpaired) electrons. The molecule has 3 aromatic heterocycles. The van der Waals surface area contributed by atoms with Crippen LogP contribution in [0.5, 0.6) is 0 Å². The van der Waals surface area contributed by atoms with Crippen molar-refractivity contribution in [2.24, 2.45) is 0 Å². The molecule has 58 heavy (non-hydrogen) atoms. The molecule has 8 aromatic rings. The molecule has 0 saturated carbocycles. The Balaban J connectivity index is 1.17. The number of aryl methyl sites for hydroxylation is 2. The third-order valence-corrected chi connectivity index (χ3v) is 11.0. The lowest BCUT2D eigenvalue weighted by Crippen LogP contribution is -2.39. The first-order valence-electron chi connectivity index (χ1n) is 19.1. The average molecular weight is 835 g/mol. The summed E-state index contributed by atoms with van der Waals surface area (Å²) in [6.45, 7) is 5.91. The quantitative estimate of drug-likeness (QED) is 0.0902. The molecule has 11 nitrogen and oxygen atoms in total. The second kappa shape index (κ2) is 16.4. The number of hydrogen-bond acceptors (Lipinski definition) is 8. The fourth-order valence-electron chi connectivity index (χ4n) is 7.60. The van der Waals surface area contributed by atoms with Gasteiger partial charge >= 0.3 is 5.97 Å². The minimum Gasteiger partial charge on any atom is -0.465 e. The Hall–Kier alpha value is -6.66. The molecular weight excluding hydrogens is 794 g/mol. The van der Waals surface area contributed by atoms with Crippen LogP contribution >= 0.6 is 15.9 Å². The highest BCUT2D eigenvalue weighted by molar-refractivity contribution is 9.10. The van der Waals surface area contributed by atoms with Gasteiger partial charge in [-0.15, -0.1) is 15.0 Å². The molecule has 0 spiro atoms. The van der Waals surface area contributed by atoms with Crippen LogP contribution in [0.25, 0.3) is 33.7 Å². The molecule has 0 bridgehead atoms. The molecule has 0 atom stereocenters. The highest BCUT2D eigenvalue weighted by Crippen LogP contribution is 2.43. The highest BCUT2D eigenvalue weighted by Gasteiger charge is 2.41. The zero-order valence-electron chi connectivity index (χ0n) is 32.2. The monoisotopic (exact) mass is 833 g/mol. The van der Waals surface area contributed by atoms with Crippen LogP contribution < -0.4 is 5.32 Å². The maximum atomic E-state index is 13.3. The van der Waals surface area contributed by atoms with Crippen molar-refractivity contribution in [3.8, 4) is 22.7 Å². The van der Waals surface area contributed by atoms with E-state index in [-0.39, 0.29) is 19.1 Å². The van der Waals surface area contributed by atoms with Crippen molar-refractivity contribution in [1.82, 2.24) is 35.1 Å². The van der Waals surface area contributed by atoms with E-state index in [1.54, 1.807) is 18.6 Å². The summed E-state index contributed by atoms with van der Waals surface area (Å²) in [5, 5.41) is 18.2. The summed E-state index contributed by atoms with van der Waals surface area (Å²) in [4.78, 5) is 31.7. The predicted molar refractivity (Wildman–Crippen MR) is 225 cm³/mol. The van der Waals surface area contributed by atoms with Crippen LogP contribution in [0.4, 0.5) is 0 Å². The van der Waals surface area contributed by atoms with Crippen LogP contribution in [0.3, 0.4) is 0 Å². The van der Waals surface area contributed by atoms with Gasteiger partial charge in [0.15, 0.2) is 5.54 Å². The van der Waals surface area contributed by atoms with Gasteiger partial charge in [-0.2, -0.15) is 0 Å². The van der Waals surface area contributed by atoms with Crippen LogP contribution in [-0.4, -0.2) is 54.8 Å². The molecule has 0 saturated heterocycles. The first-order chi connectivity index (χ1) is 28.3.